The fourth-order valence-electron chi connectivity index (χ4n) is 2.46. The highest BCUT2D eigenvalue weighted by Gasteiger charge is 2.08. The molecule has 0 aliphatic rings. The van der Waals surface area contributed by atoms with Crippen LogP contribution in [0.25, 0.3) is 10.8 Å². The molecule has 0 saturated carbocycles. The molecular formula is C18H18ClNO2. The zero-order chi connectivity index (χ0) is 14.7. The highest BCUT2D eigenvalue weighted by molar-refractivity contribution is 5.84. The molecule has 0 aliphatic heterocycles. The van der Waals surface area contributed by atoms with E-state index in [0.717, 1.165) is 23.7 Å². The van der Waals surface area contributed by atoms with E-state index in [2.05, 4.69) is 35.0 Å². The number of rotatable bonds is 4. The lowest BCUT2D eigenvalue weighted by molar-refractivity contribution is -0.695. The molecule has 0 amide bonds. The Morgan fingerprint density at radius 3 is 2.55 bits per heavy atom. The molecule has 0 fully saturated rings. The first-order chi connectivity index (χ1) is 10.3. The summed E-state index contributed by atoms with van der Waals surface area (Å²) in [6.07, 6.45) is 5.11. The van der Waals surface area contributed by atoms with Gasteiger partial charge in [-0.1, -0.05) is 30.3 Å². The fourth-order valence-corrected chi connectivity index (χ4v) is 2.46. The molecule has 0 atom stereocenters. The monoisotopic (exact) mass is 315 g/mol. The van der Waals surface area contributed by atoms with Crippen LogP contribution in [-0.2, 0) is 13.0 Å². The Balaban J connectivity index is 0.00000176. The first-order valence-corrected chi connectivity index (χ1v) is 7.00. The molecule has 3 nitrogen and oxygen atoms in total. The minimum Gasteiger partial charge on any atom is -1.00 e. The van der Waals surface area contributed by atoms with Crippen LogP contribution in [0.5, 0.6) is 11.5 Å². The normalized spacial score (nSPS) is 10.2. The molecule has 0 bridgehead atoms. The molecule has 114 valence electrons. The van der Waals surface area contributed by atoms with Crippen molar-refractivity contribution < 1.29 is 26.8 Å². The summed E-state index contributed by atoms with van der Waals surface area (Å²) in [5.74, 6) is 0.676. The lowest BCUT2D eigenvalue weighted by atomic mass is 10.1. The number of hydrogen-bond acceptors (Lipinski definition) is 2. The Bertz CT molecular complexity index is 760. The standard InChI is InChI=1S/C18H17NO2.ClH/c1-21-18-12-16-13-19(10-8-15(16)11-17(18)20)9-7-14-5-3-2-4-6-14;/h2-6,8,10-13H,7,9H2,1H3;1H. The summed E-state index contributed by atoms with van der Waals surface area (Å²) >= 11 is 0. The molecule has 22 heavy (non-hydrogen) atoms. The molecule has 4 heteroatoms. The van der Waals surface area contributed by atoms with E-state index in [1.54, 1.807) is 13.2 Å². The number of halogens is 1. The van der Waals surface area contributed by atoms with Crippen molar-refractivity contribution in [1.29, 1.82) is 0 Å². The van der Waals surface area contributed by atoms with Crippen molar-refractivity contribution in [3.63, 3.8) is 0 Å². The third kappa shape index (κ3) is 3.49. The third-order valence-electron chi connectivity index (χ3n) is 3.64. The van der Waals surface area contributed by atoms with E-state index in [4.69, 9.17) is 4.74 Å². The maximum absolute atomic E-state index is 9.80. The van der Waals surface area contributed by atoms with Crippen LogP contribution in [0.2, 0.25) is 0 Å². The molecule has 0 radical (unpaired) electrons. The second-order valence-electron chi connectivity index (χ2n) is 5.07. The minimum absolute atomic E-state index is 0. The number of benzene rings is 2. The summed E-state index contributed by atoms with van der Waals surface area (Å²) in [4.78, 5) is 0. The number of phenolic OH excluding ortho intramolecular Hbond substituents is 1. The third-order valence-corrected chi connectivity index (χ3v) is 3.64. The topological polar surface area (TPSA) is 33.3 Å². The predicted octanol–water partition coefficient (Wildman–Crippen LogP) is 0.0882. The lowest BCUT2D eigenvalue weighted by Gasteiger charge is -2.05. The average molecular weight is 316 g/mol. The van der Waals surface area contributed by atoms with Crippen LogP contribution < -0.4 is 21.7 Å². The second-order valence-corrected chi connectivity index (χ2v) is 5.07. The van der Waals surface area contributed by atoms with Crippen molar-refractivity contribution in [3.05, 3.63) is 66.5 Å². The Kier molecular flexibility index (Phi) is 5.23. The number of nitrogens with zero attached hydrogens (tertiary/aromatic N) is 1. The van der Waals surface area contributed by atoms with Gasteiger partial charge in [-0.3, -0.25) is 0 Å². The number of phenols is 1. The molecule has 1 heterocycles. The molecule has 3 aromatic rings. The van der Waals surface area contributed by atoms with Gasteiger partial charge in [-0.2, -0.15) is 0 Å². The van der Waals surface area contributed by atoms with Crippen LogP contribution in [0.3, 0.4) is 0 Å². The van der Waals surface area contributed by atoms with Gasteiger partial charge in [0, 0.05) is 17.9 Å². The van der Waals surface area contributed by atoms with Gasteiger partial charge in [-0.15, -0.1) is 0 Å². The Hall–Kier alpha value is -2.26. The average Bonchev–Trinajstić information content (AvgIpc) is 2.53. The van der Waals surface area contributed by atoms with Crippen LogP contribution in [0.15, 0.2) is 60.9 Å². The SMILES string of the molecule is COc1cc2c[n+](CCc3ccccc3)ccc2cc1O.[Cl-]. The van der Waals surface area contributed by atoms with Gasteiger partial charge in [-0.25, -0.2) is 4.57 Å². The summed E-state index contributed by atoms with van der Waals surface area (Å²) in [5, 5.41) is 11.9. The number of ether oxygens (including phenoxy) is 1. The Labute approximate surface area is 136 Å². The maximum Gasteiger partial charge on any atom is 0.176 e. The van der Waals surface area contributed by atoms with E-state index in [-0.39, 0.29) is 18.2 Å². The summed E-state index contributed by atoms with van der Waals surface area (Å²) in [5.41, 5.74) is 1.33. The summed E-state index contributed by atoms with van der Waals surface area (Å²) < 4.78 is 7.32. The molecule has 0 aliphatic carbocycles. The van der Waals surface area contributed by atoms with E-state index in [0.29, 0.717) is 5.75 Å². The Morgan fingerprint density at radius 1 is 1.05 bits per heavy atom. The van der Waals surface area contributed by atoms with E-state index in [1.807, 2.05) is 24.4 Å². The molecule has 2 aromatic carbocycles. The molecule has 0 saturated heterocycles. The van der Waals surface area contributed by atoms with Gasteiger partial charge >= 0.3 is 0 Å². The highest BCUT2D eigenvalue weighted by atomic mass is 35.5. The molecular weight excluding hydrogens is 298 g/mol. The van der Waals surface area contributed by atoms with Crippen molar-refractivity contribution >= 4 is 10.8 Å². The van der Waals surface area contributed by atoms with Gasteiger partial charge in [0.25, 0.3) is 0 Å². The van der Waals surface area contributed by atoms with Crippen LogP contribution in [0, 0.1) is 0 Å². The number of aromatic nitrogens is 1. The summed E-state index contributed by atoms with van der Waals surface area (Å²) in [7, 11) is 1.56. The van der Waals surface area contributed by atoms with Crippen LogP contribution in [0.1, 0.15) is 5.56 Å². The quantitative estimate of drug-likeness (QED) is 0.692. The van der Waals surface area contributed by atoms with Crippen molar-refractivity contribution in [3.8, 4) is 11.5 Å². The molecule has 1 N–H and O–H groups in total. The van der Waals surface area contributed by atoms with Gasteiger partial charge < -0.3 is 22.3 Å². The maximum atomic E-state index is 9.80. The van der Waals surface area contributed by atoms with Gasteiger partial charge in [0.2, 0.25) is 0 Å². The lowest BCUT2D eigenvalue weighted by Crippen LogP contribution is -3.00. The van der Waals surface area contributed by atoms with Gasteiger partial charge in [-0.05, 0) is 23.1 Å². The highest BCUT2D eigenvalue weighted by Crippen LogP contribution is 2.30. The molecule has 3 rings (SSSR count). The zero-order valence-electron chi connectivity index (χ0n) is 12.4. The first-order valence-electron chi connectivity index (χ1n) is 7.00. The number of pyridine rings is 1. The molecule has 1 aromatic heterocycles. The summed E-state index contributed by atoms with van der Waals surface area (Å²) in [6.45, 7) is 0.920. The molecule has 0 spiro atoms. The van der Waals surface area contributed by atoms with Crippen molar-refractivity contribution in [2.75, 3.05) is 7.11 Å². The fraction of sp³-hybridized carbons (Fsp3) is 0.167. The van der Waals surface area contributed by atoms with Crippen LogP contribution in [0.4, 0.5) is 0 Å². The van der Waals surface area contributed by atoms with Crippen LogP contribution in [-0.4, -0.2) is 12.2 Å². The largest absolute Gasteiger partial charge is 1.00 e. The smallest absolute Gasteiger partial charge is 0.176 e. The number of hydrogen-bond donors (Lipinski definition) is 1. The van der Waals surface area contributed by atoms with Gasteiger partial charge in [0.1, 0.15) is 0 Å². The van der Waals surface area contributed by atoms with Crippen molar-refractivity contribution in [1.82, 2.24) is 0 Å². The van der Waals surface area contributed by atoms with E-state index < -0.39 is 0 Å². The Morgan fingerprint density at radius 2 is 1.82 bits per heavy atom. The minimum atomic E-state index is 0. The molecule has 0 unspecified atom stereocenters. The second kappa shape index (κ2) is 7.14. The summed E-state index contributed by atoms with van der Waals surface area (Å²) in [6, 6.07) is 16.1. The first kappa shape index (κ1) is 16.1. The van der Waals surface area contributed by atoms with E-state index >= 15 is 0 Å². The number of aromatic hydroxyl groups is 1. The van der Waals surface area contributed by atoms with Crippen LogP contribution >= 0.6 is 0 Å². The van der Waals surface area contributed by atoms with Crippen molar-refractivity contribution in [2.45, 2.75) is 13.0 Å². The van der Waals surface area contributed by atoms with Gasteiger partial charge in [0.15, 0.2) is 30.4 Å². The van der Waals surface area contributed by atoms with E-state index in [9.17, 15) is 5.11 Å². The number of aryl methyl sites for hydroxylation is 2. The van der Waals surface area contributed by atoms with Gasteiger partial charge in [0.05, 0.1) is 7.11 Å². The number of methoxy groups -OCH3 is 1. The number of fused-ring (bicyclic) bond motifs is 1. The zero-order valence-corrected chi connectivity index (χ0v) is 13.1. The predicted molar refractivity (Wildman–Crippen MR) is 82.5 cm³/mol. The van der Waals surface area contributed by atoms with Crippen molar-refractivity contribution in [2.24, 2.45) is 0 Å². The van der Waals surface area contributed by atoms with E-state index in [1.165, 1.54) is 5.56 Å².